The van der Waals surface area contributed by atoms with E-state index in [1.807, 2.05) is 6.07 Å². The molecule has 15 heavy (non-hydrogen) atoms. The lowest BCUT2D eigenvalue weighted by molar-refractivity contribution is 0.112. The van der Waals surface area contributed by atoms with Crippen molar-refractivity contribution in [3.8, 4) is 6.07 Å². The smallest absolute Gasteiger partial charge is 0.152 e. The summed E-state index contributed by atoms with van der Waals surface area (Å²) >= 11 is 0. The highest BCUT2D eigenvalue weighted by molar-refractivity contribution is 5.84. The topological polar surface area (TPSA) is 44.1 Å². The molecule has 0 aliphatic heterocycles. The first-order chi connectivity index (χ1) is 7.19. The van der Waals surface area contributed by atoms with Gasteiger partial charge in [0.25, 0.3) is 0 Å². The second-order valence-electron chi connectivity index (χ2n) is 3.15. The molecule has 4 heteroatoms. The average Bonchev–Trinajstić information content (AvgIpc) is 2.25. The number of nitriles is 1. The molecule has 0 aliphatic carbocycles. The number of rotatable bonds is 4. The first-order valence-electron chi connectivity index (χ1n) is 4.52. The van der Waals surface area contributed by atoms with Crippen LogP contribution in [0.25, 0.3) is 0 Å². The third-order valence-corrected chi connectivity index (χ3v) is 2.09. The Balaban J connectivity index is 2.93. The molecule has 0 unspecified atom stereocenters. The van der Waals surface area contributed by atoms with E-state index in [0.29, 0.717) is 30.5 Å². The molecule has 0 heterocycles. The van der Waals surface area contributed by atoms with Crippen molar-refractivity contribution in [1.29, 1.82) is 5.26 Å². The van der Waals surface area contributed by atoms with Crippen molar-refractivity contribution in [2.75, 3.05) is 18.5 Å². The Bertz CT molecular complexity index is 398. The monoisotopic (exact) mass is 206 g/mol. The zero-order valence-electron chi connectivity index (χ0n) is 8.40. The molecule has 78 valence electrons. The minimum atomic E-state index is -0.436. The van der Waals surface area contributed by atoms with Crippen LogP contribution in [0.1, 0.15) is 16.8 Å². The molecule has 0 amide bonds. The second kappa shape index (κ2) is 5.11. The molecular formula is C11H11FN2O. The number of anilines is 1. The van der Waals surface area contributed by atoms with Crippen LogP contribution in [0.5, 0.6) is 0 Å². The molecule has 0 atom stereocenters. The maximum atomic E-state index is 12.8. The zero-order chi connectivity index (χ0) is 11.3. The summed E-state index contributed by atoms with van der Waals surface area (Å²) in [5.74, 6) is -0.436. The minimum absolute atomic E-state index is 0.301. The summed E-state index contributed by atoms with van der Waals surface area (Å²) in [6.07, 6.45) is 0.980. The van der Waals surface area contributed by atoms with Crippen LogP contribution in [0.15, 0.2) is 18.2 Å². The van der Waals surface area contributed by atoms with E-state index in [1.54, 1.807) is 11.9 Å². The predicted molar refractivity (Wildman–Crippen MR) is 55.3 cm³/mol. The van der Waals surface area contributed by atoms with Crippen molar-refractivity contribution in [3.63, 3.8) is 0 Å². The summed E-state index contributed by atoms with van der Waals surface area (Å²) in [5, 5.41) is 8.43. The van der Waals surface area contributed by atoms with Crippen LogP contribution in [-0.4, -0.2) is 19.9 Å². The van der Waals surface area contributed by atoms with E-state index in [4.69, 9.17) is 5.26 Å². The number of aldehydes is 1. The van der Waals surface area contributed by atoms with Gasteiger partial charge in [-0.3, -0.25) is 4.79 Å². The van der Waals surface area contributed by atoms with Gasteiger partial charge in [0.1, 0.15) is 5.82 Å². The van der Waals surface area contributed by atoms with Crippen molar-refractivity contribution >= 4 is 12.0 Å². The minimum Gasteiger partial charge on any atom is -0.373 e. The van der Waals surface area contributed by atoms with E-state index in [-0.39, 0.29) is 0 Å². The fourth-order valence-electron chi connectivity index (χ4n) is 1.31. The van der Waals surface area contributed by atoms with Gasteiger partial charge in [-0.05, 0) is 18.2 Å². The Morgan fingerprint density at radius 3 is 2.93 bits per heavy atom. The largest absolute Gasteiger partial charge is 0.373 e. The summed E-state index contributed by atoms with van der Waals surface area (Å²) < 4.78 is 12.8. The van der Waals surface area contributed by atoms with Crippen LogP contribution in [0, 0.1) is 17.1 Å². The lowest BCUT2D eigenvalue weighted by atomic mass is 10.1. The van der Waals surface area contributed by atoms with E-state index in [2.05, 4.69) is 0 Å². The Morgan fingerprint density at radius 2 is 2.33 bits per heavy atom. The summed E-state index contributed by atoms with van der Waals surface area (Å²) in [4.78, 5) is 12.5. The first-order valence-corrected chi connectivity index (χ1v) is 4.52. The van der Waals surface area contributed by atoms with E-state index in [1.165, 1.54) is 18.2 Å². The van der Waals surface area contributed by atoms with Crippen molar-refractivity contribution in [2.45, 2.75) is 6.42 Å². The van der Waals surface area contributed by atoms with Gasteiger partial charge in [-0.15, -0.1) is 0 Å². The highest BCUT2D eigenvalue weighted by Gasteiger charge is 2.07. The molecule has 0 radical (unpaired) electrons. The van der Waals surface area contributed by atoms with E-state index in [9.17, 15) is 9.18 Å². The van der Waals surface area contributed by atoms with Crippen molar-refractivity contribution in [3.05, 3.63) is 29.6 Å². The molecule has 0 fully saturated rings. The number of carbonyl (C=O) groups excluding carboxylic acids is 1. The van der Waals surface area contributed by atoms with E-state index in [0.717, 1.165) is 0 Å². The average molecular weight is 206 g/mol. The van der Waals surface area contributed by atoms with Gasteiger partial charge in [0.05, 0.1) is 12.5 Å². The molecular weight excluding hydrogens is 195 g/mol. The van der Waals surface area contributed by atoms with Gasteiger partial charge < -0.3 is 4.90 Å². The molecule has 3 nitrogen and oxygen atoms in total. The third-order valence-electron chi connectivity index (χ3n) is 2.09. The lowest BCUT2D eigenvalue weighted by Gasteiger charge is -2.19. The maximum absolute atomic E-state index is 12.8. The molecule has 0 N–H and O–H groups in total. The Kier molecular flexibility index (Phi) is 3.81. The van der Waals surface area contributed by atoms with Crippen LogP contribution in [0.3, 0.4) is 0 Å². The summed E-state index contributed by atoms with van der Waals surface area (Å²) in [6.45, 7) is 0.517. The number of carbonyl (C=O) groups is 1. The molecule has 0 saturated carbocycles. The number of halogens is 1. The van der Waals surface area contributed by atoms with Gasteiger partial charge in [-0.1, -0.05) is 0 Å². The summed E-state index contributed by atoms with van der Waals surface area (Å²) in [7, 11) is 1.76. The van der Waals surface area contributed by atoms with Crippen LogP contribution in [-0.2, 0) is 0 Å². The number of nitrogens with zero attached hydrogens (tertiary/aromatic N) is 2. The quantitative estimate of drug-likeness (QED) is 0.707. The molecule has 0 saturated heterocycles. The highest BCUT2D eigenvalue weighted by atomic mass is 19.1. The van der Waals surface area contributed by atoms with Gasteiger partial charge >= 0.3 is 0 Å². The molecule has 0 bridgehead atoms. The Morgan fingerprint density at radius 1 is 1.60 bits per heavy atom. The van der Waals surface area contributed by atoms with Gasteiger partial charge in [-0.2, -0.15) is 5.26 Å². The fraction of sp³-hybridized carbons (Fsp3) is 0.273. The second-order valence-corrected chi connectivity index (χ2v) is 3.15. The van der Waals surface area contributed by atoms with Crippen LogP contribution in [0.2, 0.25) is 0 Å². The lowest BCUT2D eigenvalue weighted by Crippen LogP contribution is -2.19. The van der Waals surface area contributed by atoms with E-state index < -0.39 is 5.82 Å². The van der Waals surface area contributed by atoms with Crippen molar-refractivity contribution in [1.82, 2.24) is 0 Å². The zero-order valence-corrected chi connectivity index (χ0v) is 8.40. The molecule has 1 aromatic rings. The van der Waals surface area contributed by atoms with Crippen molar-refractivity contribution < 1.29 is 9.18 Å². The Hall–Kier alpha value is -1.89. The number of hydrogen-bond acceptors (Lipinski definition) is 3. The standard InChI is InChI=1S/C11H11FN2O/c1-14(6-2-5-13)11-4-3-10(12)7-9(11)8-15/h3-4,7-8H,2,6H2,1H3. The van der Waals surface area contributed by atoms with Crippen LogP contribution >= 0.6 is 0 Å². The van der Waals surface area contributed by atoms with Crippen molar-refractivity contribution in [2.24, 2.45) is 0 Å². The van der Waals surface area contributed by atoms with Gasteiger partial charge in [0, 0.05) is 24.8 Å². The molecule has 0 aromatic heterocycles. The Labute approximate surface area is 87.7 Å². The summed E-state index contributed by atoms with van der Waals surface area (Å²) in [6, 6.07) is 6.03. The first kappa shape index (κ1) is 11.2. The molecule has 1 rings (SSSR count). The predicted octanol–water partition coefficient (Wildman–Crippen LogP) is 1.99. The highest BCUT2D eigenvalue weighted by Crippen LogP contribution is 2.18. The molecule has 0 aliphatic rings. The molecule has 1 aromatic carbocycles. The maximum Gasteiger partial charge on any atom is 0.152 e. The molecule has 0 spiro atoms. The fourth-order valence-corrected chi connectivity index (χ4v) is 1.31. The normalized spacial score (nSPS) is 9.40. The van der Waals surface area contributed by atoms with Gasteiger partial charge in [0.15, 0.2) is 6.29 Å². The van der Waals surface area contributed by atoms with E-state index >= 15 is 0 Å². The number of hydrogen-bond donors (Lipinski definition) is 0. The number of benzene rings is 1. The van der Waals surface area contributed by atoms with Gasteiger partial charge in [0.2, 0.25) is 0 Å². The van der Waals surface area contributed by atoms with Gasteiger partial charge in [-0.25, -0.2) is 4.39 Å². The SMILES string of the molecule is CN(CCC#N)c1ccc(F)cc1C=O. The third kappa shape index (κ3) is 2.78. The summed E-state index contributed by atoms with van der Waals surface area (Å²) in [5.41, 5.74) is 0.942. The van der Waals surface area contributed by atoms with Crippen LogP contribution < -0.4 is 4.90 Å². The van der Waals surface area contributed by atoms with Crippen LogP contribution in [0.4, 0.5) is 10.1 Å².